The van der Waals surface area contributed by atoms with E-state index < -0.39 is 0 Å². The van der Waals surface area contributed by atoms with Crippen molar-refractivity contribution in [1.82, 2.24) is 10.6 Å². The van der Waals surface area contributed by atoms with E-state index in [0.29, 0.717) is 0 Å². The monoisotopic (exact) mass is 176 g/mol. The Balaban J connectivity index is 3.84. The van der Waals surface area contributed by atoms with Crippen LogP contribution in [0.25, 0.3) is 0 Å². The quantitative estimate of drug-likeness (QED) is 0.546. The molecule has 4 nitrogen and oxygen atoms in total. The zero-order chi connectivity index (χ0) is 9.40. The Labute approximate surface area is 74.6 Å². The van der Waals surface area contributed by atoms with Crippen molar-refractivity contribution in [3.8, 4) is 0 Å². The Morgan fingerprint density at radius 3 is 1.42 bits per heavy atom. The van der Waals surface area contributed by atoms with Crippen LogP contribution in [0.4, 0.5) is 0 Å². The van der Waals surface area contributed by atoms with E-state index in [9.17, 15) is 0 Å². The van der Waals surface area contributed by atoms with E-state index in [2.05, 4.69) is 10.6 Å². The van der Waals surface area contributed by atoms with E-state index in [1.54, 1.807) is 14.2 Å². The van der Waals surface area contributed by atoms with Crippen LogP contribution in [0, 0.1) is 0 Å². The van der Waals surface area contributed by atoms with Crippen molar-refractivity contribution in [1.29, 1.82) is 0 Å². The van der Waals surface area contributed by atoms with E-state index in [1.165, 1.54) is 0 Å². The third kappa shape index (κ3) is 4.01. The molecular formula is C8H20N2O2. The molecule has 0 saturated heterocycles. The molecule has 2 unspecified atom stereocenters. The van der Waals surface area contributed by atoms with E-state index in [-0.39, 0.29) is 12.2 Å². The summed E-state index contributed by atoms with van der Waals surface area (Å²) >= 11 is 0. The zero-order valence-electron chi connectivity index (χ0n) is 8.39. The van der Waals surface area contributed by atoms with E-state index in [4.69, 9.17) is 9.47 Å². The lowest BCUT2D eigenvalue weighted by Crippen LogP contribution is -2.43. The lowest BCUT2D eigenvalue weighted by molar-refractivity contribution is -0.0318. The molecule has 2 N–H and O–H groups in total. The molecule has 0 aliphatic rings. The molecule has 0 aromatic carbocycles. The summed E-state index contributed by atoms with van der Waals surface area (Å²) in [5.74, 6) is 0. The van der Waals surface area contributed by atoms with Gasteiger partial charge in [-0.15, -0.1) is 0 Å². The maximum absolute atomic E-state index is 5.27. The fraction of sp³-hybridized carbons (Fsp3) is 1.00. The van der Waals surface area contributed by atoms with Gasteiger partial charge in [0.2, 0.25) is 0 Å². The Morgan fingerprint density at radius 1 is 0.917 bits per heavy atom. The maximum Gasteiger partial charge on any atom is 0.0969 e. The van der Waals surface area contributed by atoms with Crippen molar-refractivity contribution >= 4 is 0 Å². The molecule has 4 heteroatoms. The van der Waals surface area contributed by atoms with Gasteiger partial charge in [-0.2, -0.15) is 0 Å². The van der Waals surface area contributed by atoms with Crippen LogP contribution in [-0.2, 0) is 9.47 Å². The molecule has 0 spiro atoms. The number of hydrogen-bond donors (Lipinski definition) is 2. The smallest absolute Gasteiger partial charge is 0.0969 e. The van der Waals surface area contributed by atoms with E-state index in [1.807, 2.05) is 14.1 Å². The lowest BCUT2D eigenvalue weighted by Gasteiger charge is -2.24. The van der Waals surface area contributed by atoms with Crippen LogP contribution in [-0.4, -0.2) is 53.6 Å². The second-order valence-corrected chi connectivity index (χ2v) is 2.66. The molecule has 0 fully saturated rings. The topological polar surface area (TPSA) is 42.5 Å². The maximum atomic E-state index is 5.27. The summed E-state index contributed by atoms with van der Waals surface area (Å²) in [6, 6.07) is 0. The minimum Gasteiger partial charge on any atom is -0.377 e. The normalized spacial score (nSPS) is 16.0. The Bertz CT molecular complexity index is 89.1. The average molecular weight is 176 g/mol. The number of nitrogens with one attached hydrogen (secondary N) is 2. The first-order valence-electron chi connectivity index (χ1n) is 4.14. The summed E-state index contributed by atoms with van der Waals surface area (Å²) in [6.45, 7) is 1.60. The molecule has 0 saturated carbocycles. The molecule has 74 valence electrons. The van der Waals surface area contributed by atoms with Crippen LogP contribution in [0.3, 0.4) is 0 Å². The third-order valence-electron chi connectivity index (χ3n) is 1.83. The van der Waals surface area contributed by atoms with Crippen LogP contribution >= 0.6 is 0 Å². The zero-order valence-corrected chi connectivity index (χ0v) is 8.39. The molecule has 0 radical (unpaired) electrons. The van der Waals surface area contributed by atoms with Gasteiger partial charge in [-0.1, -0.05) is 0 Å². The van der Waals surface area contributed by atoms with Crippen molar-refractivity contribution < 1.29 is 9.47 Å². The van der Waals surface area contributed by atoms with Crippen molar-refractivity contribution in [2.24, 2.45) is 0 Å². The van der Waals surface area contributed by atoms with Gasteiger partial charge in [-0.25, -0.2) is 0 Å². The van der Waals surface area contributed by atoms with E-state index >= 15 is 0 Å². The highest BCUT2D eigenvalue weighted by Crippen LogP contribution is 2.00. The number of rotatable bonds is 7. The first kappa shape index (κ1) is 11.8. The van der Waals surface area contributed by atoms with Gasteiger partial charge in [-0.05, 0) is 14.1 Å². The molecule has 0 aromatic rings. The lowest BCUT2D eigenvalue weighted by atomic mass is 10.2. The van der Waals surface area contributed by atoms with Crippen LogP contribution in [0.5, 0.6) is 0 Å². The van der Waals surface area contributed by atoms with Gasteiger partial charge in [0.25, 0.3) is 0 Å². The van der Waals surface area contributed by atoms with Crippen LogP contribution in [0.15, 0.2) is 0 Å². The molecule has 0 aromatic heterocycles. The van der Waals surface area contributed by atoms with Gasteiger partial charge in [0.05, 0.1) is 12.2 Å². The minimum absolute atomic E-state index is 0.104. The molecule has 0 amide bonds. The van der Waals surface area contributed by atoms with Crippen molar-refractivity contribution in [3.63, 3.8) is 0 Å². The first-order chi connectivity index (χ1) is 5.79. The number of methoxy groups -OCH3 is 2. The molecule has 0 bridgehead atoms. The summed E-state index contributed by atoms with van der Waals surface area (Å²) in [6.07, 6.45) is 0.208. The fourth-order valence-corrected chi connectivity index (χ4v) is 1.14. The van der Waals surface area contributed by atoms with Crippen molar-refractivity contribution in [3.05, 3.63) is 0 Å². The van der Waals surface area contributed by atoms with Gasteiger partial charge in [-0.3, -0.25) is 0 Å². The molecule has 12 heavy (non-hydrogen) atoms. The fourth-order valence-electron chi connectivity index (χ4n) is 1.14. The predicted octanol–water partition coefficient (Wildman–Crippen LogP) is -0.545. The molecule has 0 heterocycles. The summed E-state index contributed by atoms with van der Waals surface area (Å²) in [5, 5.41) is 6.12. The first-order valence-corrected chi connectivity index (χ1v) is 4.14. The largest absolute Gasteiger partial charge is 0.377 e. The summed E-state index contributed by atoms with van der Waals surface area (Å²) in [5.41, 5.74) is 0. The van der Waals surface area contributed by atoms with Crippen molar-refractivity contribution in [2.75, 3.05) is 41.4 Å². The highest BCUT2D eigenvalue weighted by molar-refractivity contribution is 4.73. The Hall–Kier alpha value is -0.160. The molecule has 0 rings (SSSR count). The SMILES string of the molecule is CNCC(OC)C(CNC)OC. The van der Waals surface area contributed by atoms with Crippen LogP contribution in [0.1, 0.15) is 0 Å². The van der Waals surface area contributed by atoms with Gasteiger partial charge in [0.1, 0.15) is 0 Å². The van der Waals surface area contributed by atoms with Gasteiger partial charge >= 0.3 is 0 Å². The number of likely N-dealkylation sites (N-methyl/N-ethyl adjacent to an activating group) is 2. The van der Waals surface area contributed by atoms with Crippen LogP contribution in [0.2, 0.25) is 0 Å². The third-order valence-corrected chi connectivity index (χ3v) is 1.83. The number of ether oxygens (including phenoxy) is 2. The van der Waals surface area contributed by atoms with Gasteiger partial charge in [0.15, 0.2) is 0 Å². The van der Waals surface area contributed by atoms with Crippen molar-refractivity contribution in [2.45, 2.75) is 12.2 Å². The van der Waals surface area contributed by atoms with E-state index in [0.717, 1.165) is 13.1 Å². The highest BCUT2D eigenvalue weighted by atomic mass is 16.5. The molecule has 0 aliphatic heterocycles. The second kappa shape index (κ2) is 7.49. The second-order valence-electron chi connectivity index (χ2n) is 2.66. The summed E-state index contributed by atoms with van der Waals surface area (Å²) in [4.78, 5) is 0. The standard InChI is InChI=1S/C8H20N2O2/c1-9-5-7(11-3)8(12-4)6-10-2/h7-10H,5-6H2,1-4H3. The summed E-state index contributed by atoms with van der Waals surface area (Å²) in [7, 11) is 7.20. The number of hydrogen-bond acceptors (Lipinski definition) is 4. The average Bonchev–Trinajstić information content (AvgIpc) is 2.11. The van der Waals surface area contributed by atoms with Gasteiger partial charge in [0, 0.05) is 27.3 Å². The Morgan fingerprint density at radius 2 is 1.25 bits per heavy atom. The molecule has 2 atom stereocenters. The minimum atomic E-state index is 0.104. The summed E-state index contributed by atoms with van der Waals surface area (Å²) < 4.78 is 10.5. The van der Waals surface area contributed by atoms with Gasteiger partial charge < -0.3 is 20.1 Å². The van der Waals surface area contributed by atoms with Crippen LogP contribution < -0.4 is 10.6 Å². The molecule has 0 aliphatic carbocycles. The predicted molar refractivity (Wildman–Crippen MR) is 49.4 cm³/mol. The Kier molecular flexibility index (Phi) is 7.39. The molecular weight excluding hydrogens is 156 g/mol. The highest BCUT2D eigenvalue weighted by Gasteiger charge is 2.18.